The fraction of sp³-hybridized carbons (Fsp3) is 0.417. The van der Waals surface area contributed by atoms with Crippen LogP contribution in [-0.4, -0.2) is 23.3 Å². The van der Waals surface area contributed by atoms with Gasteiger partial charge in [-0.15, -0.1) is 0 Å². The quantitative estimate of drug-likeness (QED) is 0.405. The predicted octanol–water partition coefficient (Wildman–Crippen LogP) is -0.553. The number of ether oxygens (including phenoxy) is 2. The van der Waals surface area contributed by atoms with E-state index in [9.17, 15) is 14.3 Å². The zero-order chi connectivity index (χ0) is 16.2. The summed E-state index contributed by atoms with van der Waals surface area (Å²) >= 11 is 11.6. The van der Waals surface area contributed by atoms with Crippen LogP contribution in [0.5, 0.6) is 5.75 Å². The van der Waals surface area contributed by atoms with E-state index in [2.05, 4.69) is 0 Å². The fourth-order valence-electron chi connectivity index (χ4n) is 1.48. The van der Waals surface area contributed by atoms with Gasteiger partial charge in [-0.25, -0.2) is 4.79 Å². The second kappa shape index (κ2) is 9.50. The minimum Gasteiger partial charge on any atom is -0.776 e. The Kier molecular flexibility index (Phi) is 9.59. The van der Waals surface area contributed by atoms with Crippen LogP contribution in [0, 0.1) is 5.92 Å². The number of carbonyl (C=O) groups is 1. The fourth-order valence-corrected chi connectivity index (χ4v) is 2.94. The maximum absolute atomic E-state index is 11.6. The molecule has 1 aromatic rings. The van der Waals surface area contributed by atoms with Gasteiger partial charge in [0.25, 0.3) is 0 Å². The molecule has 1 rings (SSSR count). The van der Waals surface area contributed by atoms with Crippen molar-refractivity contribution in [2.24, 2.45) is 5.92 Å². The van der Waals surface area contributed by atoms with Crippen molar-refractivity contribution in [2.45, 2.75) is 19.7 Å². The maximum Gasteiger partial charge on any atom is 1.00 e. The molecule has 22 heavy (non-hydrogen) atoms. The molecule has 2 atom stereocenters. The molecule has 0 saturated heterocycles. The molecule has 0 aliphatic rings. The van der Waals surface area contributed by atoms with Gasteiger partial charge >= 0.3 is 35.5 Å². The van der Waals surface area contributed by atoms with Crippen molar-refractivity contribution in [3.63, 3.8) is 0 Å². The van der Waals surface area contributed by atoms with Crippen LogP contribution in [0.3, 0.4) is 0 Å². The van der Waals surface area contributed by atoms with Crippen molar-refractivity contribution >= 4 is 36.8 Å². The van der Waals surface area contributed by atoms with Crippen molar-refractivity contribution in [1.29, 1.82) is 0 Å². The number of rotatable bonds is 6. The van der Waals surface area contributed by atoms with Crippen molar-refractivity contribution in [1.82, 2.24) is 0 Å². The van der Waals surface area contributed by atoms with Gasteiger partial charge in [0.2, 0.25) is 0 Å². The molecule has 0 aromatic heterocycles. The van der Waals surface area contributed by atoms with Crippen molar-refractivity contribution in [2.75, 3.05) is 6.61 Å². The Hall–Kier alpha value is 0.220. The Labute approximate surface area is 160 Å². The SMILES string of the molecule is CC(C)C(OC(=O)COc1ccc(Cl)cc1Cl)P(=O)([O-])O.[Na+]. The van der Waals surface area contributed by atoms with Crippen LogP contribution in [0.15, 0.2) is 18.2 Å². The summed E-state index contributed by atoms with van der Waals surface area (Å²) in [6, 6.07) is 4.41. The molecule has 0 aliphatic heterocycles. The molecule has 6 nitrogen and oxygen atoms in total. The first-order chi connectivity index (χ1) is 9.61. The molecule has 0 heterocycles. The number of esters is 1. The minimum atomic E-state index is -4.79. The van der Waals surface area contributed by atoms with Crippen LogP contribution in [0.1, 0.15) is 13.8 Å². The molecule has 0 bridgehead atoms. The average molecular weight is 379 g/mol. The van der Waals surface area contributed by atoms with Gasteiger partial charge < -0.3 is 23.8 Å². The zero-order valence-corrected chi connectivity index (χ0v) is 16.7. The standard InChI is InChI=1S/C12H15Cl2O6P.Na/c1-7(2)12(21(16,17)18)20-11(15)6-19-10-4-3-8(13)5-9(10)14;/h3-5,7,12H,6H2,1-2H3,(H2,16,17,18);/q;+1/p-1. The molecule has 10 heteroatoms. The van der Waals surface area contributed by atoms with Gasteiger partial charge in [0.1, 0.15) is 5.75 Å². The molecular formula is C12H14Cl2NaO6P. The van der Waals surface area contributed by atoms with Crippen LogP contribution < -0.4 is 39.2 Å². The monoisotopic (exact) mass is 378 g/mol. The molecule has 0 saturated carbocycles. The Morgan fingerprint density at radius 2 is 2.00 bits per heavy atom. The molecule has 0 amide bonds. The van der Waals surface area contributed by atoms with E-state index >= 15 is 0 Å². The second-order valence-corrected chi connectivity index (χ2v) is 7.03. The van der Waals surface area contributed by atoms with Gasteiger partial charge in [0.15, 0.2) is 20.0 Å². The van der Waals surface area contributed by atoms with Gasteiger partial charge in [-0.3, -0.25) is 0 Å². The normalized spacial score (nSPS) is 14.7. The van der Waals surface area contributed by atoms with E-state index in [1.165, 1.54) is 32.0 Å². The third-order valence-corrected chi connectivity index (χ3v) is 4.26. The first kappa shape index (κ1) is 22.2. The van der Waals surface area contributed by atoms with E-state index in [4.69, 9.17) is 37.6 Å². The molecule has 0 radical (unpaired) electrons. The van der Waals surface area contributed by atoms with Crippen LogP contribution >= 0.6 is 30.8 Å². The van der Waals surface area contributed by atoms with E-state index in [-0.39, 0.29) is 40.3 Å². The van der Waals surface area contributed by atoms with E-state index in [1.807, 2.05) is 0 Å². The third kappa shape index (κ3) is 7.20. The summed E-state index contributed by atoms with van der Waals surface area (Å²) < 4.78 is 20.9. The number of hydrogen-bond donors (Lipinski definition) is 1. The number of hydrogen-bond acceptors (Lipinski definition) is 5. The Bertz CT molecular complexity index is 563. The number of halogens is 2. The van der Waals surface area contributed by atoms with E-state index in [0.29, 0.717) is 5.02 Å². The Morgan fingerprint density at radius 3 is 2.45 bits per heavy atom. The Balaban J connectivity index is 0.00000441. The molecule has 2 unspecified atom stereocenters. The average Bonchev–Trinajstić information content (AvgIpc) is 2.33. The largest absolute Gasteiger partial charge is 1.00 e. The smallest absolute Gasteiger partial charge is 0.776 e. The summed E-state index contributed by atoms with van der Waals surface area (Å²) in [4.78, 5) is 31.7. The van der Waals surface area contributed by atoms with E-state index in [1.54, 1.807) is 0 Å². The molecule has 1 N–H and O–H groups in total. The second-order valence-electron chi connectivity index (χ2n) is 4.55. The van der Waals surface area contributed by atoms with Gasteiger partial charge in [0, 0.05) is 5.02 Å². The summed E-state index contributed by atoms with van der Waals surface area (Å²) in [7, 11) is -4.79. The topological polar surface area (TPSA) is 95.9 Å². The van der Waals surface area contributed by atoms with Crippen LogP contribution in [0.4, 0.5) is 0 Å². The molecule has 0 aliphatic carbocycles. The van der Waals surface area contributed by atoms with Crippen molar-refractivity contribution in [3.05, 3.63) is 28.2 Å². The van der Waals surface area contributed by atoms with Gasteiger partial charge in [0.05, 0.1) is 5.02 Å². The van der Waals surface area contributed by atoms with E-state index < -0.39 is 31.9 Å². The van der Waals surface area contributed by atoms with Crippen LogP contribution in [0.2, 0.25) is 10.0 Å². The summed E-state index contributed by atoms with van der Waals surface area (Å²) in [6.07, 6.45) is 0. The predicted molar refractivity (Wildman–Crippen MR) is 76.5 cm³/mol. The number of carbonyl (C=O) groups excluding carboxylic acids is 1. The molecule has 1 aromatic carbocycles. The first-order valence-corrected chi connectivity index (χ1v) is 8.32. The van der Waals surface area contributed by atoms with Gasteiger partial charge in [-0.1, -0.05) is 37.0 Å². The van der Waals surface area contributed by atoms with Crippen molar-refractivity contribution < 1.29 is 58.2 Å². The first-order valence-electron chi connectivity index (χ1n) is 5.92. The molecular weight excluding hydrogens is 365 g/mol. The summed E-state index contributed by atoms with van der Waals surface area (Å²) in [5.41, 5.74) is 0. The molecule has 0 fully saturated rings. The minimum absolute atomic E-state index is 0. The summed E-state index contributed by atoms with van der Waals surface area (Å²) in [5.74, 6) is -2.95. The summed E-state index contributed by atoms with van der Waals surface area (Å²) in [6.45, 7) is 2.44. The van der Waals surface area contributed by atoms with E-state index in [0.717, 1.165) is 0 Å². The third-order valence-electron chi connectivity index (χ3n) is 2.38. The molecule has 118 valence electrons. The van der Waals surface area contributed by atoms with Crippen LogP contribution in [-0.2, 0) is 14.1 Å². The zero-order valence-electron chi connectivity index (χ0n) is 12.3. The molecule has 0 spiro atoms. The number of benzene rings is 1. The van der Waals surface area contributed by atoms with Crippen molar-refractivity contribution in [3.8, 4) is 5.75 Å². The van der Waals surface area contributed by atoms with Crippen LogP contribution in [0.25, 0.3) is 0 Å². The van der Waals surface area contributed by atoms with Gasteiger partial charge in [-0.05, 0) is 24.1 Å². The summed E-state index contributed by atoms with van der Waals surface area (Å²) in [5, 5.41) is 0.606. The van der Waals surface area contributed by atoms with Gasteiger partial charge in [-0.2, -0.15) is 0 Å². The maximum atomic E-state index is 11.6. The Morgan fingerprint density at radius 1 is 1.41 bits per heavy atom.